The van der Waals surface area contributed by atoms with Crippen LogP contribution < -0.4 is 0 Å². The van der Waals surface area contributed by atoms with E-state index in [1.165, 1.54) is 0 Å². The first-order valence-electron chi connectivity index (χ1n) is 2.55. The summed E-state index contributed by atoms with van der Waals surface area (Å²) in [6.07, 6.45) is 0. The molecule has 0 fully saturated rings. The van der Waals surface area contributed by atoms with E-state index in [1.807, 2.05) is 0 Å². The van der Waals surface area contributed by atoms with Gasteiger partial charge < -0.3 is 42.6 Å². The van der Waals surface area contributed by atoms with E-state index < -0.39 is 36.3 Å². The molecule has 0 aliphatic heterocycles. The zero-order valence-corrected chi connectivity index (χ0v) is 16.6. The van der Waals surface area contributed by atoms with Crippen molar-refractivity contribution in [3.05, 3.63) is 15.3 Å². The summed E-state index contributed by atoms with van der Waals surface area (Å²) in [7, 11) is -15.5. The fourth-order valence-electron chi connectivity index (χ4n) is 0. The van der Waals surface area contributed by atoms with Crippen molar-refractivity contribution >= 4 is 55.1 Å². The quantitative estimate of drug-likeness (QED) is 0.0790. The van der Waals surface area contributed by atoms with Crippen molar-refractivity contribution in [3.8, 4) is 0 Å². The van der Waals surface area contributed by atoms with Crippen LogP contribution >= 0.6 is 0 Å². The summed E-state index contributed by atoms with van der Waals surface area (Å²) in [5.74, 6) is 0. The van der Waals surface area contributed by atoms with Gasteiger partial charge in [0.2, 0.25) is 0 Å². The molecule has 0 saturated carbocycles. The first-order valence-corrected chi connectivity index (χ1v) is 6.55. The molecule has 0 aliphatic rings. The topological polar surface area (TPSA) is 307 Å². The molecule has 0 unspecified atom stereocenters. The summed E-state index contributed by atoms with van der Waals surface area (Å²) in [4.78, 5) is 8.25. The molecule has 16 nitrogen and oxygen atoms in total. The van der Waals surface area contributed by atoms with Crippen molar-refractivity contribution in [3.63, 3.8) is 0 Å². The van der Waals surface area contributed by atoms with E-state index in [-0.39, 0.29) is 63.4 Å². The molecule has 0 spiro atoms. The molecule has 0 aromatic heterocycles. The van der Waals surface area contributed by atoms with Gasteiger partial charge >= 0.3 is 63.4 Å². The Labute approximate surface area is 166 Å². The summed E-state index contributed by atoms with van der Waals surface area (Å²) in [5.41, 5.74) is 0. The Morgan fingerprint density at radius 2 is 0.591 bits per heavy atom. The van der Waals surface area contributed by atoms with Gasteiger partial charge in [-0.15, -0.1) is 0 Å². The molecule has 22 heteroatoms. The summed E-state index contributed by atoms with van der Waals surface area (Å²) in [5, 5.41) is 14.8. The zero-order chi connectivity index (χ0) is 17.1. The predicted molar refractivity (Wildman–Crippen MR) is 47.5 cm³/mol. The second kappa shape index (κ2) is 19.9. The fourth-order valence-corrected chi connectivity index (χ4v) is 0. The molecule has 0 rings (SSSR count). The van der Waals surface area contributed by atoms with Crippen molar-refractivity contribution in [1.82, 2.24) is 0 Å². The minimum absolute atomic E-state index is 0. The number of rotatable bonds is 0. The number of hydrogen-bond donors (Lipinski definition) is 0. The molecule has 1 radical (unpaired) electrons. The molecule has 0 atom stereocenters. The smallest absolute Gasteiger partial charge is 0.759 e. The van der Waals surface area contributed by atoms with Crippen LogP contribution in [-0.2, 0) is 70.6 Å². The van der Waals surface area contributed by atoms with Crippen molar-refractivity contribution in [2.45, 2.75) is 0 Å². The van der Waals surface area contributed by atoms with Crippen molar-refractivity contribution in [1.29, 1.82) is 0 Å². The Kier molecular flexibility index (Phi) is 39.3. The Bertz CT molecular complexity index is 432. The SMILES string of the molecule is O=S(=O)([O-])[O-].O=S(=O)([O-])[O-].O=S(=O)([O-])[O-].O=[N+]([O-])[O-].[Ag+].[Cu+2].[Sn+4]. The van der Waals surface area contributed by atoms with Gasteiger partial charge in [-0.1, -0.05) is 0 Å². The Morgan fingerprint density at radius 1 is 0.591 bits per heavy atom. The third-order valence-corrected chi connectivity index (χ3v) is 0. The molecule has 0 aromatic rings. The molecule has 139 valence electrons. The molecule has 0 bridgehead atoms. The number of hydrogen-bond acceptors (Lipinski definition) is 15. The average molecular weight is 640 g/mol. The molecular weight excluding hydrogens is 640 g/mol. The minimum Gasteiger partial charge on any atom is -0.759 e. The first-order chi connectivity index (χ1) is 7.73. The van der Waals surface area contributed by atoms with E-state index in [0.29, 0.717) is 0 Å². The van der Waals surface area contributed by atoms with Gasteiger partial charge in [-0.2, -0.15) is 0 Å². The third kappa shape index (κ3) is 10900. The van der Waals surface area contributed by atoms with Gasteiger partial charge in [-0.25, -0.2) is 0 Å². The van der Waals surface area contributed by atoms with E-state index in [0.717, 1.165) is 0 Å². The summed E-state index contributed by atoms with van der Waals surface area (Å²) in [6.45, 7) is 0. The summed E-state index contributed by atoms with van der Waals surface area (Å²) >= 11 is 0. The molecule has 22 heavy (non-hydrogen) atoms. The van der Waals surface area contributed by atoms with E-state index in [9.17, 15) is 0 Å². The van der Waals surface area contributed by atoms with Gasteiger partial charge in [-0.3, -0.25) is 25.3 Å². The van der Waals surface area contributed by atoms with E-state index in [4.69, 9.17) is 67.9 Å². The van der Waals surface area contributed by atoms with E-state index in [2.05, 4.69) is 0 Å². The largest absolute Gasteiger partial charge is 4.00 e. The second-order valence-electron chi connectivity index (χ2n) is 1.45. The van der Waals surface area contributed by atoms with Gasteiger partial charge in [0.05, 0.1) is 5.09 Å². The Hall–Kier alpha value is 0.868. The average Bonchev–Trinajstić information content (AvgIpc) is 1.66. The van der Waals surface area contributed by atoms with Gasteiger partial charge in [0.15, 0.2) is 0 Å². The van der Waals surface area contributed by atoms with E-state index >= 15 is 0 Å². The molecule has 0 N–H and O–H groups in total. The maximum Gasteiger partial charge on any atom is 4.00 e. The van der Waals surface area contributed by atoms with Gasteiger partial charge in [0.1, 0.15) is 0 Å². The van der Waals surface area contributed by atoms with Crippen LogP contribution in [0.3, 0.4) is 0 Å². The summed E-state index contributed by atoms with van der Waals surface area (Å²) in [6, 6.07) is 0. The van der Waals surface area contributed by atoms with Gasteiger partial charge in [0, 0.05) is 31.2 Å². The van der Waals surface area contributed by atoms with Crippen LogP contribution in [0, 0.1) is 15.3 Å². The standard InChI is InChI=1S/Ag.Cu.NO3.3H2O4S.Sn/c;;2-1(3)4;3*1-5(2,3)4;/h;;;3*(H2,1,2,3,4);/q+1;+2;-1;;;;+4/p-6. The number of nitrogens with zero attached hydrogens (tertiary/aromatic N) is 1. The van der Waals surface area contributed by atoms with E-state index in [1.54, 1.807) is 0 Å². The van der Waals surface area contributed by atoms with Crippen LogP contribution in [0.1, 0.15) is 0 Å². The van der Waals surface area contributed by atoms with Crippen molar-refractivity contribution in [2.24, 2.45) is 0 Å². The van der Waals surface area contributed by atoms with Gasteiger partial charge in [-0.05, 0) is 0 Å². The Morgan fingerprint density at radius 3 is 0.591 bits per heavy atom. The second-order valence-corrected chi connectivity index (χ2v) is 3.90. The van der Waals surface area contributed by atoms with Crippen LogP contribution in [0.25, 0.3) is 0 Å². The van der Waals surface area contributed by atoms with Crippen LogP contribution in [0.2, 0.25) is 0 Å². The zero-order valence-electron chi connectivity index (χ0n) is 8.90. The molecule has 0 amide bonds. The monoisotopic (exact) mass is 640 g/mol. The van der Waals surface area contributed by atoms with Gasteiger partial charge in [0.25, 0.3) is 0 Å². The maximum absolute atomic E-state index is 8.52. The molecule has 0 heterocycles. The molecular formula is AgCuNO15S3Sn. The molecule has 0 aliphatic carbocycles. The van der Waals surface area contributed by atoms with Crippen LogP contribution in [0.4, 0.5) is 0 Å². The first kappa shape index (κ1) is 43.4. The van der Waals surface area contributed by atoms with Crippen LogP contribution in [0.5, 0.6) is 0 Å². The normalized spacial score (nSPS) is 9.00. The summed E-state index contributed by atoms with van der Waals surface area (Å²) < 4.78 is 102. The minimum atomic E-state index is -5.17. The third-order valence-electron chi connectivity index (χ3n) is 0. The molecule has 0 saturated heterocycles. The van der Waals surface area contributed by atoms with Crippen LogP contribution in [-0.4, -0.2) is 81.6 Å². The predicted octanol–water partition coefficient (Wildman–Crippen LogP) is -4.64. The molecule has 0 aromatic carbocycles. The van der Waals surface area contributed by atoms with Crippen LogP contribution in [0.15, 0.2) is 0 Å². The Balaban J connectivity index is -0.0000000262. The van der Waals surface area contributed by atoms with Crippen molar-refractivity contribution in [2.75, 3.05) is 0 Å². The van der Waals surface area contributed by atoms with Crippen molar-refractivity contribution < 1.29 is 97.1 Å². The fraction of sp³-hybridized carbons (Fsp3) is 0. The maximum atomic E-state index is 8.52.